The van der Waals surface area contributed by atoms with Gasteiger partial charge in [-0.05, 0) is 56.6 Å². The van der Waals surface area contributed by atoms with Crippen molar-refractivity contribution in [3.63, 3.8) is 0 Å². The first-order chi connectivity index (χ1) is 11.5. The van der Waals surface area contributed by atoms with E-state index in [1.807, 2.05) is 42.5 Å². The second kappa shape index (κ2) is 11.1. The molecule has 24 heavy (non-hydrogen) atoms. The van der Waals surface area contributed by atoms with Crippen molar-refractivity contribution in [2.45, 2.75) is 26.7 Å². The van der Waals surface area contributed by atoms with Gasteiger partial charge in [0.15, 0.2) is 0 Å². The first-order valence-electron chi connectivity index (χ1n) is 7.93. The molecule has 0 saturated carbocycles. The van der Waals surface area contributed by atoms with Gasteiger partial charge in [-0.15, -0.1) is 18.3 Å². The Bertz CT molecular complexity index is 618. The quantitative estimate of drug-likeness (QED) is 0.402. The van der Waals surface area contributed by atoms with Gasteiger partial charge in [-0.2, -0.15) is 0 Å². The molecule has 0 saturated heterocycles. The highest BCUT2D eigenvalue weighted by Gasteiger charge is 2.11. The van der Waals surface area contributed by atoms with Crippen LogP contribution in [0.15, 0.2) is 76.5 Å². The van der Waals surface area contributed by atoms with E-state index in [9.17, 15) is 0 Å². The third-order valence-electron chi connectivity index (χ3n) is 3.87. The van der Waals surface area contributed by atoms with E-state index in [4.69, 9.17) is 17.3 Å². The molecule has 3 N–H and O–H groups in total. The Labute approximate surface area is 155 Å². The standard InChI is InChI=1S/C20H27ClN2S/c1-5-17(10-9-13-21)14-15(2)19(22)16(3)20(24-4)23-18-11-7-6-8-12-18/h5-9,11-13,17,23H,1,10,14,22H2,2-4H3/b13-9+,19-15-,20-16-. The molecule has 0 fully saturated rings. The third-order valence-corrected chi connectivity index (χ3v) is 4.86. The molecule has 1 aromatic carbocycles. The number of hydrogen-bond acceptors (Lipinski definition) is 3. The van der Waals surface area contributed by atoms with Gasteiger partial charge in [-0.1, -0.05) is 42.0 Å². The minimum atomic E-state index is 0.339. The SMILES string of the molecule is C=CC(C/C=C/Cl)C/C(C)=C(N)/C(C)=C(/Nc1ccccc1)SC. The second-order valence-corrected chi connectivity index (χ2v) is 6.71. The maximum Gasteiger partial charge on any atom is 0.0773 e. The Kier molecular flexibility index (Phi) is 9.43. The minimum absolute atomic E-state index is 0.339. The summed E-state index contributed by atoms with van der Waals surface area (Å²) in [6.45, 7) is 8.05. The molecule has 0 amide bonds. The normalized spacial score (nSPS) is 14.8. The first kappa shape index (κ1) is 20.5. The molecule has 0 aliphatic carbocycles. The molecular formula is C20H27ClN2S. The van der Waals surface area contributed by atoms with E-state index < -0.39 is 0 Å². The predicted molar refractivity (Wildman–Crippen MR) is 111 cm³/mol. The van der Waals surface area contributed by atoms with Crippen LogP contribution < -0.4 is 11.1 Å². The number of thioether (sulfide) groups is 1. The maximum atomic E-state index is 6.41. The number of rotatable bonds is 9. The summed E-state index contributed by atoms with van der Waals surface area (Å²) in [5, 5.41) is 4.51. The summed E-state index contributed by atoms with van der Waals surface area (Å²) in [4.78, 5) is 0. The molecule has 0 bridgehead atoms. The Balaban J connectivity index is 2.97. The number of benzene rings is 1. The van der Waals surface area contributed by atoms with E-state index in [0.717, 1.165) is 34.8 Å². The molecule has 0 heterocycles. The highest BCUT2D eigenvalue weighted by molar-refractivity contribution is 8.02. The summed E-state index contributed by atoms with van der Waals surface area (Å²) in [7, 11) is 0. The fraction of sp³-hybridized carbons (Fsp3) is 0.300. The summed E-state index contributed by atoms with van der Waals surface area (Å²) >= 11 is 7.28. The van der Waals surface area contributed by atoms with Crippen LogP contribution in [0.5, 0.6) is 0 Å². The number of nitrogens with one attached hydrogen (secondary N) is 1. The van der Waals surface area contributed by atoms with Gasteiger partial charge < -0.3 is 11.1 Å². The van der Waals surface area contributed by atoms with Crippen molar-refractivity contribution in [2.75, 3.05) is 11.6 Å². The van der Waals surface area contributed by atoms with Crippen LogP contribution in [-0.4, -0.2) is 6.26 Å². The summed E-state index contributed by atoms with van der Waals surface area (Å²) in [5.41, 5.74) is 12.1. The van der Waals surface area contributed by atoms with Crippen LogP contribution in [0.1, 0.15) is 26.7 Å². The molecule has 4 heteroatoms. The van der Waals surface area contributed by atoms with Crippen molar-refractivity contribution in [3.8, 4) is 0 Å². The van der Waals surface area contributed by atoms with E-state index in [2.05, 4.69) is 32.0 Å². The van der Waals surface area contributed by atoms with E-state index in [0.29, 0.717) is 5.92 Å². The van der Waals surface area contributed by atoms with E-state index >= 15 is 0 Å². The van der Waals surface area contributed by atoms with Gasteiger partial charge in [0, 0.05) is 22.5 Å². The zero-order valence-electron chi connectivity index (χ0n) is 14.7. The van der Waals surface area contributed by atoms with Gasteiger partial charge in [0.1, 0.15) is 0 Å². The molecule has 130 valence electrons. The molecule has 0 aliphatic heterocycles. The van der Waals surface area contributed by atoms with Gasteiger partial charge in [-0.25, -0.2) is 0 Å². The van der Waals surface area contributed by atoms with Crippen LogP contribution in [-0.2, 0) is 0 Å². The van der Waals surface area contributed by atoms with Crippen LogP contribution in [0, 0.1) is 5.92 Å². The molecule has 1 atom stereocenters. The van der Waals surface area contributed by atoms with Gasteiger partial charge in [0.25, 0.3) is 0 Å². The molecule has 1 aromatic rings. The average molecular weight is 363 g/mol. The second-order valence-electron chi connectivity index (χ2n) is 5.64. The number of para-hydroxylation sites is 1. The fourth-order valence-corrected chi connectivity index (χ4v) is 3.12. The number of nitrogens with two attached hydrogens (primary N) is 1. The zero-order chi connectivity index (χ0) is 17.9. The first-order valence-corrected chi connectivity index (χ1v) is 9.59. The number of allylic oxidation sites excluding steroid dienone is 4. The zero-order valence-corrected chi connectivity index (χ0v) is 16.3. The summed E-state index contributed by atoms with van der Waals surface area (Å²) in [6.07, 6.45) is 7.71. The lowest BCUT2D eigenvalue weighted by atomic mass is 9.95. The lowest BCUT2D eigenvalue weighted by Crippen LogP contribution is -2.09. The molecule has 1 unspecified atom stereocenters. The Morgan fingerprint density at radius 3 is 2.54 bits per heavy atom. The van der Waals surface area contributed by atoms with Crippen molar-refractivity contribution in [1.82, 2.24) is 0 Å². The van der Waals surface area contributed by atoms with E-state index in [1.165, 1.54) is 5.57 Å². The Hall–Kier alpha value is -1.58. The van der Waals surface area contributed by atoms with Gasteiger partial charge in [-0.3, -0.25) is 0 Å². The van der Waals surface area contributed by atoms with Crippen LogP contribution >= 0.6 is 23.4 Å². The molecule has 0 spiro atoms. The van der Waals surface area contributed by atoms with Gasteiger partial charge in [0.2, 0.25) is 0 Å². The molecule has 0 radical (unpaired) electrons. The van der Waals surface area contributed by atoms with E-state index in [1.54, 1.807) is 17.3 Å². The molecule has 2 nitrogen and oxygen atoms in total. The van der Waals surface area contributed by atoms with Gasteiger partial charge >= 0.3 is 0 Å². The molecular weight excluding hydrogens is 336 g/mol. The highest BCUT2D eigenvalue weighted by atomic mass is 35.5. The minimum Gasteiger partial charge on any atom is -0.398 e. The average Bonchev–Trinajstić information content (AvgIpc) is 2.62. The van der Waals surface area contributed by atoms with Crippen LogP contribution in [0.2, 0.25) is 0 Å². The van der Waals surface area contributed by atoms with Crippen molar-refractivity contribution >= 4 is 29.1 Å². The van der Waals surface area contributed by atoms with E-state index in [-0.39, 0.29) is 0 Å². The van der Waals surface area contributed by atoms with Crippen LogP contribution in [0.25, 0.3) is 0 Å². The Morgan fingerprint density at radius 1 is 1.33 bits per heavy atom. The third kappa shape index (κ3) is 6.50. The number of anilines is 1. The number of hydrogen-bond donors (Lipinski definition) is 2. The van der Waals surface area contributed by atoms with Crippen LogP contribution in [0.4, 0.5) is 5.69 Å². The number of halogens is 1. The predicted octanol–water partition coefficient (Wildman–Crippen LogP) is 6.26. The molecule has 1 rings (SSSR count). The topological polar surface area (TPSA) is 38.0 Å². The Morgan fingerprint density at radius 2 is 2.00 bits per heavy atom. The maximum absolute atomic E-state index is 6.41. The monoisotopic (exact) mass is 362 g/mol. The fourth-order valence-electron chi connectivity index (χ4n) is 2.39. The smallest absolute Gasteiger partial charge is 0.0773 e. The van der Waals surface area contributed by atoms with Crippen molar-refractivity contribution in [2.24, 2.45) is 11.7 Å². The lowest BCUT2D eigenvalue weighted by molar-refractivity contribution is 0.652. The highest BCUT2D eigenvalue weighted by Crippen LogP contribution is 2.26. The largest absolute Gasteiger partial charge is 0.398 e. The molecule has 0 aliphatic rings. The summed E-state index contributed by atoms with van der Waals surface area (Å²) < 4.78 is 0. The summed E-state index contributed by atoms with van der Waals surface area (Å²) in [5.74, 6) is 0.339. The molecule has 0 aromatic heterocycles. The van der Waals surface area contributed by atoms with Crippen molar-refractivity contribution < 1.29 is 0 Å². The summed E-state index contributed by atoms with van der Waals surface area (Å²) in [6, 6.07) is 10.1. The van der Waals surface area contributed by atoms with Crippen molar-refractivity contribution in [3.05, 3.63) is 76.5 Å². The van der Waals surface area contributed by atoms with Crippen molar-refractivity contribution in [1.29, 1.82) is 0 Å². The van der Waals surface area contributed by atoms with Gasteiger partial charge in [0.05, 0.1) is 5.03 Å². The lowest BCUT2D eigenvalue weighted by Gasteiger charge is -2.17. The van der Waals surface area contributed by atoms with Crippen LogP contribution in [0.3, 0.4) is 0 Å².